The molecule has 0 aromatic heterocycles. The van der Waals surface area contributed by atoms with Gasteiger partial charge in [-0.05, 0) is 30.3 Å². The summed E-state index contributed by atoms with van der Waals surface area (Å²) in [4.78, 5) is 3.34. The molecular weight excluding hydrogens is 401 g/mol. The third-order valence-electron chi connectivity index (χ3n) is 2.63. The Bertz CT molecular complexity index is 798. The summed E-state index contributed by atoms with van der Waals surface area (Å²) < 4.78 is 63.2. The topological polar surface area (TPSA) is 72.6 Å². The monoisotopic (exact) mass is 410 g/mol. The van der Waals surface area contributed by atoms with Gasteiger partial charge in [0.15, 0.2) is 0 Å². The second kappa shape index (κ2) is 6.38. The van der Waals surface area contributed by atoms with Crippen LogP contribution in [0.3, 0.4) is 0 Å². The Hall–Kier alpha value is -1.78. The summed E-state index contributed by atoms with van der Waals surface area (Å²) in [5, 5.41) is 0. The fourth-order valence-corrected chi connectivity index (χ4v) is 3.38. The smallest absolute Gasteiger partial charge is 0.397 e. The first-order valence-corrected chi connectivity index (χ1v) is 8.26. The largest absolute Gasteiger partial charge is 0.544 e. The number of sulfonamides is 1. The van der Waals surface area contributed by atoms with Gasteiger partial charge in [-0.15, -0.1) is 17.6 Å². The Labute approximate surface area is 138 Å². The molecule has 0 radical (unpaired) electrons. The molecule has 0 spiro atoms. The van der Waals surface area contributed by atoms with Crippen LogP contribution in [0.25, 0.3) is 0 Å². The Morgan fingerprint density at radius 3 is 2.22 bits per heavy atom. The molecular formula is C13H10BrF3N2O3S. The van der Waals surface area contributed by atoms with Gasteiger partial charge in [0.1, 0.15) is 5.69 Å². The summed E-state index contributed by atoms with van der Waals surface area (Å²) in [6.45, 7) is 0. The molecule has 0 atom stereocenters. The molecule has 0 bridgehead atoms. The Morgan fingerprint density at radius 2 is 1.70 bits per heavy atom. The molecule has 2 rings (SSSR count). The first kappa shape index (κ1) is 17.6. The van der Waals surface area contributed by atoms with E-state index in [1.54, 1.807) is 0 Å². The quantitative estimate of drug-likeness (QED) is 0.616. The number of benzene rings is 2. The number of anilines is 2. The molecule has 0 unspecified atom stereocenters. The standard InChI is InChI=1S/C13H10BrF3N2O3S/c14-9-6-7-12(11(18)8-9)19(22-13(15,16)17)23(20,21)10-4-2-1-3-5-10/h1-8H,18H2. The maximum absolute atomic E-state index is 12.7. The van der Waals surface area contributed by atoms with E-state index < -0.39 is 22.1 Å². The van der Waals surface area contributed by atoms with E-state index in [4.69, 9.17) is 5.73 Å². The summed E-state index contributed by atoms with van der Waals surface area (Å²) >= 11 is 3.09. The number of nitrogens with two attached hydrogens (primary N) is 1. The highest BCUT2D eigenvalue weighted by atomic mass is 79.9. The van der Waals surface area contributed by atoms with E-state index in [0.29, 0.717) is 4.47 Å². The zero-order chi connectivity index (χ0) is 17.3. The van der Waals surface area contributed by atoms with Crippen LogP contribution in [0, 0.1) is 0 Å². The molecule has 2 aromatic rings. The van der Waals surface area contributed by atoms with Crippen LogP contribution >= 0.6 is 15.9 Å². The highest BCUT2D eigenvalue weighted by Gasteiger charge is 2.40. The lowest BCUT2D eigenvalue weighted by Crippen LogP contribution is -2.37. The number of hydrogen-bond acceptors (Lipinski definition) is 4. The van der Waals surface area contributed by atoms with Crippen LogP contribution in [0.5, 0.6) is 0 Å². The van der Waals surface area contributed by atoms with Gasteiger partial charge in [-0.25, -0.2) is 0 Å². The number of hydrogen-bond donors (Lipinski definition) is 1. The molecule has 0 aliphatic carbocycles. The number of rotatable bonds is 4. The highest BCUT2D eigenvalue weighted by molar-refractivity contribution is 9.10. The maximum Gasteiger partial charge on any atom is 0.544 e. The van der Waals surface area contributed by atoms with Crippen LogP contribution in [0.1, 0.15) is 0 Å². The second-order valence-corrected chi connectivity index (χ2v) is 6.95. The zero-order valence-corrected chi connectivity index (χ0v) is 13.7. The maximum atomic E-state index is 12.7. The third-order valence-corrected chi connectivity index (χ3v) is 4.70. The fourth-order valence-electron chi connectivity index (χ4n) is 1.70. The summed E-state index contributed by atoms with van der Waals surface area (Å²) in [6, 6.07) is 10.3. The van der Waals surface area contributed by atoms with Crippen molar-refractivity contribution in [3.8, 4) is 0 Å². The average Bonchev–Trinajstić information content (AvgIpc) is 2.45. The first-order valence-electron chi connectivity index (χ1n) is 6.02. The molecule has 23 heavy (non-hydrogen) atoms. The van der Waals surface area contributed by atoms with Crippen molar-refractivity contribution in [2.45, 2.75) is 11.3 Å². The zero-order valence-electron chi connectivity index (χ0n) is 11.3. The Morgan fingerprint density at radius 1 is 1.09 bits per heavy atom. The molecule has 0 heterocycles. The van der Waals surface area contributed by atoms with E-state index in [-0.39, 0.29) is 15.1 Å². The molecule has 0 saturated carbocycles. The van der Waals surface area contributed by atoms with Crippen LogP contribution in [-0.2, 0) is 14.9 Å². The molecule has 0 aliphatic heterocycles. The van der Waals surface area contributed by atoms with Crippen molar-refractivity contribution in [3.05, 3.63) is 53.0 Å². The molecule has 0 fully saturated rings. The summed E-state index contributed by atoms with van der Waals surface area (Å²) in [5.74, 6) is 0. The summed E-state index contributed by atoms with van der Waals surface area (Å²) in [6.07, 6.45) is -5.22. The minimum atomic E-state index is -5.22. The SMILES string of the molecule is Nc1cc(Br)ccc1N(OC(F)(F)F)S(=O)(=O)c1ccccc1. The number of nitrogens with zero attached hydrogens (tertiary/aromatic N) is 1. The van der Waals surface area contributed by atoms with Crippen molar-refractivity contribution >= 4 is 37.3 Å². The molecule has 0 amide bonds. The highest BCUT2D eigenvalue weighted by Crippen LogP contribution is 2.34. The minimum absolute atomic E-state index is 0.205. The van der Waals surface area contributed by atoms with Crippen molar-refractivity contribution in [3.63, 3.8) is 0 Å². The second-order valence-electron chi connectivity index (χ2n) is 4.29. The van der Waals surface area contributed by atoms with E-state index in [0.717, 1.165) is 18.2 Å². The van der Waals surface area contributed by atoms with E-state index in [1.165, 1.54) is 30.3 Å². The van der Waals surface area contributed by atoms with Crippen molar-refractivity contribution in [1.29, 1.82) is 0 Å². The summed E-state index contributed by atoms with van der Waals surface area (Å²) in [7, 11) is -4.63. The van der Waals surface area contributed by atoms with Crippen molar-refractivity contribution in [2.75, 3.05) is 10.2 Å². The fraction of sp³-hybridized carbons (Fsp3) is 0.0769. The van der Waals surface area contributed by atoms with E-state index in [2.05, 4.69) is 20.8 Å². The third kappa shape index (κ3) is 4.15. The molecule has 5 nitrogen and oxygen atoms in total. The first-order chi connectivity index (χ1) is 10.6. The molecule has 0 aliphatic rings. The van der Waals surface area contributed by atoms with Gasteiger partial charge in [0, 0.05) is 4.47 Å². The van der Waals surface area contributed by atoms with Crippen LogP contribution in [-0.4, -0.2) is 14.8 Å². The molecule has 2 aromatic carbocycles. The predicted molar refractivity (Wildman–Crippen MR) is 81.8 cm³/mol. The number of halogens is 4. The lowest BCUT2D eigenvalue weighted by atomic mass is 10.3. The minimum Gasteiger partial charge on any atom is -0.397 e. The van der Waals surface area contributed by atoms with Gasteiger partial charge in [0.05, 0.1) is 10.6 Å². The van der Waals surface area contributed by atoms with Crippen LogP contribution in [0.15, 0.2) is 57.9 Å². The van der Waals surface area contributed by atoms with E-state index >= 15 is 0 Å². The van der Waals surface area contributed by atoms with Gasteiger partial charge in [-0.2, -0.15) is 13.3 Å². The predicted octanol–water partition coefficient (Wildman–Crippen LogP) is 3.68. The van der Waals surface area contributed by atoms with Gasteiger partial charge < -0.3 is 5.73 Å². The van der Waals surface area contributed by atoms with Gasteiger partial charge in [0.25, 0.3) is 10.0 Å². The van der Waals surface area contributed by atoms with Gasteiger partial charge >= 0.3 is 6.36 Å². The van der Waals surface area contributed by atoms with Crippen molar-refractivity contribution < 1.29 is 26.4 Å². The Kier molecular flexibility index (Phi) is 4.87. The van der Waals surface area contributed by atoms with Crippen molar-refractivity contribution in [1.82, 2.24) is 0 Å². The average molecular weight is 411 g/mol. The molecule has 10 heteroatoms. The number of alkyl halides is 3. The molecule has 2 N–H and O–H groups in total. The van der Waals surface area contributed by atoms with Crippen LogP contribution in [0.4, 0.5) is 24.5 Å². The lowest BCUT2D eigenvalue weighted by Gasteiger charge is -2.25. The molecule has 0 saturated heterocycles. The Balaban J connectivity index is 2.59. The lowest BCUT2D eigenvalue weighted by molar-refractivity contribution is -0.322. The van der Waals surface area contributed by atoms with Gasteiger partial charge in [-0.1, -0.05) is 34.1 Å². The van der Waals surface area contributed by atoms with E-state index in [9.17, 15) is 21.6 Å². The van der Waals surface area contributed by atoms with Gasteiger partial charge in [0.2, 0.25) is 0 Å². The van der Waals surface area contributed by atoms with Crippen LogP contribution < -0.4 is 10.2 Å². The molecule has 124 valence electrons. The van der Waals surface area contributed by atoms with Crippen molar-refractivity contribution in [2.24, 2.45) is 0 Å². The van der Waals surface area contributed by atoms with Gasteiger partial charge in [-0.3, -0.25) is 0 Å². The number of nitrogen functional groups attached to an aromatic ring is 1. The van der Waals surface area contributed by atoms with E-state index in [1.807, 2.05) is 0 Å². The van der Waals surface area contributed by atoms with Crippen LogP contribution in [0.2, 0.25) is 0 Å². The normalized spacial score (nSPS) is 12.2. The summed E-state index contributed by atoms with van der Waals surface area (Å²) in [5.41, 5.74) is 4.98.